The average Bonchev–Trinajstić information content (AvgIpc) is 3.09. The van der Waals surface area contributed by atoms with E-state index in [1.807, 2.05) is 48.8 Å². The van der Waals surface area contributed by atoms with E-state index in [0.29, 0.717) is 12.2 Å². The van der Waals surface area contributed by atoms with Gasteiger partial charge in [-0.3, -0.25) is 4.79 Å². The third-order valence-corrected chi connectivity index (χ3v) is 3.85. The molecule has 0 aliphatic rings. The first-order valence-electron chi connectivity index (χ1n) is 7.63. The van der Waals surface area contributed by atoms with Crippen molar-refractivity contribution < 1.29 is 4.79 Å². The first kappa shape index (κ1) is 15.0. The van der Waals surface area contributed by atoms with E-state index >= 15 is 0 Å². The molecule has 0 saturated carbocycles. The summed E-state index contributed by atoms with van der Waals surface area (Å²) in [7, 11) is 0. The minimum atomic E-state index is -0.0503. The highest BCUT2D eigenvalue weighted by Gasteiger charge is 2.19. The molecule has 0 fully saturated rings. The largest absolute Gasteiger partial charge is 0.346 e. The molecule has 2 aromatic heterocycles. The second kappa shape index (κ2) is 6.92. The van der Waals surface area contributed by atoms with Gasteiger partial charge in [-0.15, -0.1) is 0 Å². The van der Waals surface area contributed by atoms with Crippen LogP contribution in [0, 0.1) is 6.92 Å². The summed E-state index contributed by atoms with van der Waals surface area (Å²) in [5, 5.41) is 2.86. The number of carbonyl (C=O) groups excluding carboxylic acids is 1. The molecule has 1 amide bonds. The molecule has 2 heterocycles. The first-order chi connectivity index (χ1) is 11.2. The van der Waals surface area contributed by atoms with Crippen molar-refractivity contribution in [2.45, 2.75) is 19.4 Å². The van der Waals surface area contributed by atoms with Gasteiger partial charge in [-0.1, -0.05) is 30.3 Å². The molecule has 0 aliphatic heterocycles. The van der Waals surface area contributed by atoms with Crippen molar-refractivity contribution in [3.8, 4) is 0 Å². The molecule has 0 bridgehead atoms. The quantitative estimate of drug-likeness (QED) is 0.779. The maximum absolute atomic E-state index is 12.4. The van der Waals surface area contributed by atoms with Crippen LogP contribution in [0.25, 0.3) is 0 Å². The van der Waals surface area contributed by atoms with Gasteiger partial charge in [0, 0.05) is 18.6 Å². The maximum Gasteiger partial charge on any atom is 0.227 e. The van der Waals surface area contributed by atoms with Gasteiger partial charge >= 0.3 is 0 Å². The molecule has 116 valence electrons. The van der Waals surface area contributed by atoms with Gasteiger partial charge in [0.25, 0.3) is 0 Å². The third kappa shape index (κ3) is 3.66. The Balaban J connectivity index is 1.82. The number of hydrogen-bond donors (Lipinski definition) is 1. The Morgan fingerprint density at radius 1 is 1.09 bits per heavy atom. The van der Waals surface area contributed by atoms with Crippen LogP contribution in [-0.2, 0) is 4.79 Å². The number of carbonyl (C=O) groups is 1. The van der Waals surface area contributed by atoms with Crippen molar-refractivity contribution in [2.24, 2.45) is 0 Å². The summed E-state index contributed by atoms with van der Waals surface area (Å²) in [6.45, 7) is 2.07. The highest BCUT2D eigenvalue weighted by Crippen LogP contribution is 2.25. The molecule has 1 atom stereocenters. The van der Waals surface area contributed by atoms with E-state index in [0.717, 1.165) is 5.56 Å². The maximum atomic E-state index is 12.4. The Morgan fingerprint density at radius 3 is 2.52 bits per heavy atom. The Labute approximate surface area is 135 Å². The monoisotopic (exact) mass is 305 g/mol. The molecule has 0 aliphatic carbocycles. The number of hydrogen-bond acceptors (Lipinski definition) is 2. The summed E-state index contributed by atoms with van der Waals surface area (Å²) in [5.41, 5.74) is 2.33. The van der Waals surface area contributed by atoms with Gasteiger partial charge in [0.15, 0.2) is 0 Å². The van der Waals surface area contributed by atoms with E-state index in [1.54, 1.807) is 12.3 Å². The highest BCUT2D eigenvalue weighted by molar-refractivity contribution is 5.90. The molecule has 3 aromatic rings. The molecule has 1 N–H and O–H groups in total. The summed E-state index contributed by atoms with van der Waals surface area (Å²) < 4.78 is 2.07. The lowest BCUT2D eigenvalue weighted by Crippen LogP contribution is -2.20. The molecule has 0 saturated heterocycles. The number of aryl methyl sites for hydroxylation is 1. The van der Waals surface area contributed by atoms with Crippen LogP contribution in [0.4, 0.5) is 5.82 Å². The molecular weight excluding hydrogens is 286 g/mol. The van der Waals surface area contributed by atoms with Crippen molar-refractivity contribution >= 4 is 11.7 Å². The summed E-state index contributed by atoms with van der Waals surface area (Å²) >= 11 is 0. The zero-order valence-corrected chi connectivity index (χ0v) is 13.0. The number of nitrogens with zero attached hydrogens (tertiary/aromatic N) is 2. The molecule has 4 nitrogen and oxygen atoms in total. The fourth-order valence-electron chi connectivity index (χ4n) is 2.70. The highest BCUT2D eigenvalue weighted by atomic mass is 16.1. The Bertz CT molecular complexity index is 766. The lowest BCUT2D eigenvalue weighted by molar-refractivity contribution is -0.116. The van der Waals surface area contributed by atoms with Crippen LogP contribution in [0.3, 0.4) is 0 Å². The van der Waals surface area contributed by atoms with Crippen molar-refractivity contribution in [3.63, 3.8) is 0 Å². The predicted molar refractivity (Wildman–Crippen MR) is 91.2 cm³/mol. The van der Waals surface area contributed by atoms with E-state index in [9.17, 15) is 4.79 Å². The normalized spacial score (nSPS) is 11.9. The van der Waals surface area contributed by atoms with Crippen molar-refractivity contribution in [2.75, 3.05) is 5.32 Å². The van der Waals surface area contributed by atoms with Crippen molar-refractivity contribution in [1.82, 2.24) is 9.55 Å². The number of anilines is 1. The van der Waals surface area contributed by atoms with E-state index in [-0.39, 0.29) is 11.9 Å². The number of nitrogens with one attached hydrogen (secondary N) is 1. The van der Waals surface area contributed by atoms with Crippen molar-refractivity contribution in [1.29, 1.82) is 0 Å². The number of pyridine rings is 1. The van der Waals surface area contributed by atoms with Crippen LogP contribution in [0.1, 0.15) is 23.6 Å². The number of aromatic nitrogens is 2. The van der Waals surface area contributed by atoms with Crippen LogP contribution in [0.5, 0.6) is 0 Å². The van der Waals surface area contributed by atoms with Gasteiger partial charge in [-0.25, -0.2) is 4.98 Å². The van der Waals surface area contributed by atoms with Gasteiger partial charge in [-0.05, 0) is 42.3 Å². The van der Waals surface area contributed by atoms with E-state index in [4.69, 9.17) is 0 Å². The van der Waals surface area contributed by atoms with Crippen LogP contribution in [0.15, 0.2) is 73.2 Å². The van der Waals surface area contributed by atoms with Crippen LogP contribution in [0.2, 0.25) is 0 Å². The zero-order valence-electron chi connectivity index (χ0n) is 13.0. The summed E-state index contributed by atoms with van der Waals surface area (Å²) in [4.78, 5) is 16.6. The van der Waals surface area contributed by atoms with E-state index in [1.165, 1.54) is 5.56 Å². The summed E-state index contributed by atoms with van der Waals surface area (Å²) in [5.74, 6) is 0.527. The number of amides is 1. The van der Waals surface area contributed by atoms with E-state index < -0.39 is 0 Å². The molecule has 0 spiro atoms. The van der Waals surface area contributed by atoms with Crippen LogP contribution in [-0.4, -0.2) is 15.5 Å². The molecule has 4 heteroatoms. The Kier molecular flexibility index (Phi) is 4.52. The average molecular weight is 305 g/mol. The van der Waals surface area contributed by atoms with Gasteiger partial charge in [0.1, 0.15) is 5.82 Å². The lowest BCUT2D eigenvalue weighted by atomic mass is 9.98. The standard InChI is InChI=1S/C19H19N3O/c1-15-8-2-3-9-16(15)17(22-12-6-7-13-22)14-19(23)21-18-10-4-5-11-20-18/h2-13,17H,14H2,1H3,(H,20,21,23). The van der Waals surface area contributed by atoms with Gasteiger partial charge in [0.2, 0.25) is 5.91 Å². The van der Waals surface area contributed by atoms with Crippen molar-refractivity contribution in [3.05, 3.63) is 84.3 Å². The number of rotatable bonds is 5. The fourth-order valence-corrected chi connectivity index (χ4v) is 2.70. The van der Waals surface area contributed by atoms with Gasteiger partial charge in [-0.2, -0.15) is 0 Å². The zero-order chi connectivity index (χ0) is 16.1. The number of benzene rings is 1. The second-order valence-corrected chi connectivity index (χ2v) is 5.47. The predicted octanol–water partition coefficient (Wildman–Crippen LogP) is 3.81. The first-order valence-corrected chi connectivity index (χ1v) is 7.63. The summed E-state index contributed by atoms with van der Waals surface area (Å²) in [6, 6.07) is 17.6. The topological polar surface area (TPSA) is 46.9 Å². The minimum Gasteiger partial charge on any atom is -0.346 e. The fraction of sp³-hybridized carbons (Fsp3) is 0.158. The molecule has 1 unspecified atom stereocenters. The summed E-state index contributed by atoms with van der Waals surface area (Å²) in [6.07, 6.45) is 6.01. The second-order valence-electron chi connectivity index (χ2n) is 5.47. The van der Waals surface area contributed by atoms with Crippen LogP contribution >= 0.6 is 0 Å². The Morgan fingerprint density at radius 2 is 1.83 bits per heavy atom. The smallest absolute Gasteiger partial charge is 0.227 e. The van der Waals surface area contributed by atoms with Gasteiger partial charge in [0.05, 0.1) is 12.5 Å². The van der Waals surface area contributed by atoms with Gasteiger partial charge < -0.3 is 9.88 Å². The lowest BCUT2D eigenvalue weighted by Gasteiger charge is -2.21. The SMILES string of the molecule is Cc1ccccc1C(CC(=O)Nc1ccccn1)n1cccc1. The molecular formula is C19H19N3O. The third-order valence-electron chi connectivity index (χ3n) is 3.85. The van der Waals surface area contributed by atoms with E-state index in [2.05, 4.69) is 33.9 Å². The molecule has 1 aromatic carbocycles. The molecule has 23 heavy (non-hydrogen) atoms. The molecule has 3 rings (SSSR count). The Hall–Kier alpha value is -2.88. The van der Waals surface area contributed by atoms with Crippen LogP contribution < -0.4 is 5.32 Å². The molecule has 0 radical (unpaired) electrons. The minimum absolute atomic E-state index is 0.0325.